The van der Waals surface area contributed by atoms with Gasteiger partial charge in [0.25, 0.3) is 5.89 Å². The zero-order valence-corrected chi connectivity index (χ0v) is 14.2. The van der Waals surface area contributed by atoms with Crippen LogP contribution < -0.4 is 5.32 Å². The number of benzene rings is 1. The molecule has 0 aliphatic carbocycles. The molecule has 0 saturated heterocycles. The second-order valence-corrected chi connectivity index (χ2v) is 6.32. The average Bonchev–Trinajstić information content (AvgIpc) is 3.06. The molecular formula is C19H20N4O. The fraction of sp³-hybridized carbons (Fsp3) is 0.316. The van der Waals surface area contributed by atoms with Crippen LogP contribution in [0.4, 0.5) is 0 Å². The molecule has 0 unspecified atom stereocenters. The first-order valence-corrected chi connectivity index (χ1v) is 8.24. The second-order valence-electron chi connectivity index (χ2n) is 6.32. The third-order valence-electron chi connectivity index (χ3n) is 4.82. The number of fused-ring (bicyclic) bond motifs is 1. The molecule has 1 aromatic carbocycles. The van der Waals surface area contributed by atoms with Crippen LogP contribution in [0.15, 0.2) is 28.9 Å². The highest BCUT2D eigenvalue weighted by molar-refractivity contribution is 5.68. The molecule has 0 atom stereocenters. The van der Waals surface area contributed by atoms with Gasteiger partial charge in [-0.25, -0.2) is 0 Å². The van der Waals surface area contributed by atoms with Gasteiger partial charge in [0.2, 0.25) is 5.82 Å². The molecule has 0 fully saturated rings. The van der Waals surface area contributed by atoms with E-state index in [2.05, 4.69) is 40.4 Å². The van der Waals surface area contributed by atoms with Crippen molar-refractivity contribution in [3.8, 4) is 22.8 Å². The number of pyridine rings is 1. The van der Waals surface area contributed by atoms with E-state index in [1.165, 1.54) is 22.3 Å². The Morgan fingerprint density at radius 2 is 2.04 bits per heavy atom. The van der Waals surface area contributed by atoms with Gasteiger partial charge in [-0.2, -0.15) is 4.98 Å². The molecule has 5 nitrogen and oxygen atoms in total. The highest BCUT2D eigenvalue weighted by atomic mass is 16.5. The topological polar surface area (TPSA) is 63.8 Å². The van der Waals surface area contributed by atoms with E-state index in [1.807, 2.05) is 25.3 Å². The third kappa shape index (κ3) is 2.41. The van der Waals surface area contributed by atoms with Gasteiger partial charge >= 0.3 is 0 Å². The van der Waals surface area contributed by atoms with Gasteiger partial charge in [-0.15, -0.1) is 0 Å². The summed E-state index contributed by atoms with van der Waals surface area (Å²) in [6.07, 6.45) is 2.91. The van der Waals surface area contributed by atoms with Crippen molar-refractivity contribution in [3.63, 3.8) is 0 Å². The zero-order valence-electron chi connectivity index (χ0n) is 14.2. The molecule has 24 heavy (non-hydrogen) atoms. The molecule has 1 N–H and O–H groups in total. The lowest BCUT2D eigenvalue weighted by Gasteiger charge is -2.19. The van der Waals surface area contributed by atoms with Crippen molar-refractivity contribution >= 4 is 0 Å². The number of nitrogens with one attached hydrogen (secondary N) is 1. The number of rotatable bonds is 2. The first-order chi connectivity index (χ1) is 11.6. The number of nitrogens with zero attached hydrogens (tertiary/aromatic N) is 3. The van der Waals surface area contributed by atoms with E-state index in [0.717, 1.165) is 36.3 Å². The van der Waals surface area contributed by atoms with Gasteiger partial charge in [0, 0.05) is 29.6 Å². The molecule has 3 heterocycles. The molecule has 2 aromatic heterocycles. The largest absolute Gasteiger partial charge is 0.334 e. The van der Waals surface area contributed by atoms with Crippen molar-refractivity contribution in [2.75, 3.05) is 6.54 Å². The van der Waals surface area contributed by atoms with Gasteiger partial charge in [-0.05, 0) is 62.1 Å². The summed E-state index contributed by atoms with van der Waals surface area (Å²) in [5.41, 5.74) is 7.86. The maximum atomic E-state index is 5.58. The predicted octanol–water partition coefficient (Wildman–Crippen LogP) is 3.37. The van der Waals surface area contributed by atoms with Crippen molar-refractivity contribution in [1.29, 1.82) is 0 Å². The highest BCUT2D eigenvalue weighted by Crippen LogP contribution is 2.31. The van der Waals surface area contributed by atoms with Crippen LogP contribution in [0.3, 0.4) is 0 Å². The smallest absolute Gasteiger partial charge is 0.258 e. The van der Waals surface area contributed by atoms with Crippen LogP contribution in [0.25, 0.3) is 22.8 Å². The Kier molecular flexibility index (Phi) is 3.65. The summed E-state index contributed by atoms with van der Waals surface area (Å²) >= 11 is 0. The van der Waals surface area contributed by atoms with Crippen molar-refractivity contribution < 1.29 is 4.52 Å². The van der Waals surface area contributed by atoms with Crippen molar-refractivity contribution in [2.45, 2.75) is 33.7 Å². The molecule has 5 heteroatoms. The molecule has 122 valence electrons. The maximum Gasteiger partial charge on any atom is 0.258 e. The SMILES string of the molecule is Cc1cccc(-c2nc(-c3c(C)ncc4c3CCNC4)no2)c1C. The summed E-state index contributed by atoms with van der Waals surface area (Å²) in [7, 11) is 0. The van der Waals surface area contributed by atoms with Gasteiger partial charge in [0.15, 0.2) is 0 Å². The molecule has 1 aliphatic rings. The van der Waals surface area contributed by atoms with Crippen molar-refractivity contribution in [2.24, 2.45) is 0 Å². The summed E-state index contributed by atoms with van der Waals surface area (Å²) in [4.78, 5) is 9.20. The van der Waals surface area contributed by atoms with Crippen LogP contribution in [0.1, 0.15) is 27.9 Å². The van der Waals surface area contributed by atoms with Gasteiger partial charge < -0.3 is 9.84 Å². The van der Waals surface area contributed by atoms with Crippen LogP contribution in [-0.4, -0.2) is 21.7 Å². The molecule has 0 radical (unpaired) electrons. The number of aryl methyl sites for hydroxylation is 2. The Morgan fingerprint density at radius 1 is 1.17 bits per heavy atom. The van der Waals surface area contributed by atoms with Gasteiger partial charge in [-0.1, -0.05) is 17.3 Å². The van der Waals surface area contributed by atoms with E-state index >= 15 is 0 Å². The number of hydrogen-bond donors (Lipinski definition) is 1. The zero-order chi connectivity index (χ0) is 16.7. The van der Waals surface area contributed by atoms with Gasteiger partial charge in [-0.3, -0.25) is 4.98 Å². The molecule has 1 aliphatic heterocycles. The van der Waals surface area contributed by atoms with E-state index in [-0.39, 0.29) is 0 Å². The molecule has 0 saturated carbocycles. The first kappa shape index (κ1) is 15.0. The monoisotopic (exact) mass is 320 g/mol. The molecule has 4 rings (SSSR count). The first-order valence-electron chi connectivity index (χ1n) is 8.24. The molecule has 0 amide bonds. The third-order valence-corrected chi connectivity index (χ3v) is 4.82. The van der Waals surface area contributed by atoms with Crippen LogP contribution >= 0.6 is 0 Å². The Labute approximate surface area is 141 Å². The normalized spacial score (nSPS) is 13.8. The lowest BCUT2D eigenvalue weighted by molar-refractivity contribution is 0.432. The number of hydrogen-bond acceptors (Lipinski definition) is 5. The fourth-order valence-electron chi connectivity index (χ4n) is 3.28. The van der Waals surface area contributed by atoms with E-state index in [0.29, 0.717) is 11.7 Å². The molecule has 0 bridgehead atoms. The summed E-state index contributed by atoms with van der Waals surface area (Å²) in [6, 6.07) is 6.13. The predicted molar refractivity (Wildman–Crippen MR) is 92.6 cm³/mol. The Bertz CT molecular complexity index is 914. The lowest BCUT2D eigenvalue weighted by Crippen LogP contribution is -2.24. The lowest BCUT2D eigenvalue weighted by atomic mass is 9.95. The summed E-state index contributed by atoms with van der Waals surface area (Å²) in [5.74, 6) is 1.20. The second kappa shape index (κ2) is 5.83. The summed E-state index contributed by atoms with van der Waals surface area (Å²) in [5, 5.41) is 7.64. The maximum absolute atomic E-state index is 5.58. The molecule has 0 spiro atoms. The van der Waals surface area contributed by atoms with Crippen molar-refractivity contribution in [3.05, 3.63) is 52.3 Å². The van der Waals surface area contributed by atoms with Gasteiger partial charge in [0.05, 0.1) is 0 Å². The minimum Gasteiger partial charge on any atom is -0.334 e. The highest BCUT2D eigenvalue weighted by Gasteiger charge is 2.21. The Hall–Kier alpha value is -2.53. The molecular weight excluding hydrogens is 300 g/mol. The Balaban J connectivity index is 1.83. The van der Waals surface area contributed by atoms with Crippen LogP contribution in [0.2, 0.25) is 0 Å². The Morgan fingerprint density at radius 3 is 2.92 bits per heavy atom. The quantitative estimate of drug-likeness (QED) is 0.784. The minimum absolute atomic E-state index is 0.567. The van der Waals surface area contributed by atoms with E-state index in [4.69, 9.17) is 4.52 Å². The molecule has 3 aromatic rings. The van der Waals surface area contributed by atoms with Crippen LogP contribution in [0, 0.1) is 20.8 Å². The fourth-order valence-corrected chi connectivity index (χ4v) is 3.28. The van der Waals surface area contributed by atoms with Crippen LogP contribution in [0.5, 0.6) is 0 Å². The van der Waals surface area contributed by atoms with Gasteiger partial charge in [0.1, 0.15) is 0 Å². The number of aromatic nitrogens is 3. The standard InChI is InChI=1S/C19H20N4O/c1-11-5-4-6-15(12(11)2)19-22-18(23-24-19)17-13(3)21-10-14-9-20-8-7-16(14)17/h4-6,10,20H,7-9H2,1-3H3. The van der Waals surface area contributed by atoms with Crippen LogP contribution in [-0.2, 0) is 13.0 Å². The van der Waals surface area contributed by atoms with Crippen molar-refractivity contribution in [1.82, 2.24) is 20.4 Å². The van der Waals surface area contributed by atoms with E-state index in [9.17, 15) is 0 Å². The minimum atomic E-state index is 0.567. The van der Waals surface area contributed by atoms with E-state index in [1.54, 1.807) is 0 Å². The average molecular weight is 320 g/mol. The summed E-state index contributed by atoms with van der Waals surface area (Å²) < 4.78 is 5.58. The van der Waals surface area contributed by atoms with E-state index < -0.39 is 0 Å². The summed E-state index contributed by atoms with van der Waals surface area (Å²) in [6.45, 7) is 7.98.